The van der Waals surface area contributed by atoms with Gasteiger partial charge < -0.3 is 4.90 Å². The molecule has 0 radical (unpaired) electrons. The molecule has 120 valence electrons. The lowest BCUT2D eigenvalue weighted by Crippen LogP contribution is -2.36. The van der Waals surface area contributed by atoms with E-state index in [0.717, 1.165) is 12.6 Å². The Balaban J connectivity index is 1.81. The minimum Gasteiger partial charge on any atom is -0.333 e. The number of benzene rings is 1. The Hall–Kier alpha value is -1.95. The topological polar surface area (TPSA) is 33.2 Å². The average molecular weight is 334 g/mol. The Morgan fingerprint density at radius 3 is 2.78 bits per heavy atom. The zero-order valence-corrected chi connectivity index (χ0v) is 13.4. The van der Waals surface area contributed by atoms with Gasteiger partial charge in [0.1, 0.15) is 5.69 Å². The summed E-state index contributed by atoms with van der Waals surface area (Å²) in [6.07, 6.45) is 1.31. The maximum atomic E-state index is 12.6. The number of nitrogens with zero attached hydrogens (tertiary/aromatic N) is 2. The molecule has 3 rings (SSSR count). The van der Waals surface area contributed by atoms with Crippen LogP contribution in [-0.4, -0.2) is 28.6 Å². The van der Waals surface area contributed by atoms with E-state index in [9.17, 15) is 13.6 Å². The van der Waals surface area contributed by atoms with Crippen LogP contribution in [0.15, 0.2) is 41.4 Å². The zero-order chi connectivity index (χ0) is 16.4. The summed E-state index contributed by atoms with van der Waals surface area (Å²) >= 11 is 1.66. The molecule has 0 saturated heterocycles. The molecule has 0 saturated carbocycles. The molecule has 0 unspecified atom stereocenters. The minimum atomic E-state index is -2.57. The fraction of sp³-hybridized carbons (Fsp3) is 0.294. The first-order chi connectivity index (χ1) is 11.1. The molecule has 0 bridgehead atoms. The smallest absolute Gasteiger partial charge is 0.272 e. The van der Waals surface area contributed by atoms with Gasteiger partial charge >= 0.3 is 0 Å². The summed E-state index contributed by atoms with van der Waals surface area (Å²) in [7, 11) is 0. The number of rotatable bonds is 3. The number of halogens is 2. The van der Waals surface area contributed by atoms with Crippen LogP contribution in [0, 0.1) is 0 Å². The number of hydrogen-bond acceptors (Lipinski definition) is 3. The molecule has 23 heavy (non-hydrogen) atoms. The number of pyridine rings is 1. The maximum absolute atomic E-state index is 12.6. The molecule has 2 heterocycles. The van der Waals surface area contributed by atoms with E-state index < -0.39 is 6.43 Å². The van der Waals surface area contributed by atoms with Gasteiger partial charge in [-0.15, -0.1) is 11.8 Å². The van der Waals surface area contributed by atoms with E-state index in [-0.39, 0.29) is 17.2 Å². The van der Waals surface area contributed by atoms with Crippen molar-refractivity contribution in [2.24, 2.45) is 0 Å². The lowest BCUT2D eigenvalue weighted by Gasteiger charge is -2.30. The monoisotopic (exact) mass is 334 g/mol. The standard InChI is InChI=1S/C17H16F2N2OS/c1-23-15-4-2-3-11-7-8-21(10-13(11)15)17(22)14-6-5-12(9-20-14)16(18)19/h2-6,9,16H,7-8,10H2,1H3. The molecular weight excluding hydrogens is 318 g/mol. The van der Waals surface area contributed by atoms with Gasteiger partial charge in [0.15, 0.2) is 0 Å². The molecule has 0 atom stereocenters. The summed E-state index contributed by atoms with van der Waals surface area (Å²) in [5.74, 6) is -0.215. The normalized spacial score (nSPS) is 14.0. The van der Waals surface area contributed by atoms with Gasteiger partial charge in [0.2, 0.25) is 0 Å². The first kappa shape index (κ1) is 15.9. The van der Waals surface area contributed by atoms with E-state index in [2.05, 4.69) is 11.1 Å². The Bertz CT molecular complexity index is 705. The van der Waals surface area contributed by atoms with Gasteiger partial charge in [0, 0.05) is 29.7 Å². The highest BCUT2D eigenvalue weighted by atomic mass is 32.2. The second-order valence-corrected chi connectivity index (χ2v) is 6.20. The molecule has 0 fully saturated rings. The number of hydrogen-bond donors (Lipinski definition) is 0. The van der Waals surface area contributed by atoms with Gasteiger partial charge in [-0.2, -0.15) is 0 Å². The van der Waals surface area contributed by atoms with Crippen LogP contribution in [0.1, 0.15) is 33.6 Å². The molecule has 1 aliphatic heterocycles. The predicted molar refractivity (Wildman–Crippen MR) is 85.9 cm³/mol. The number of fused-ring (bicyclic) bond motifs is 1. The van der Waals surface area contributed by atoms with Crippen molar-refractivity contribution in [3.8, 4) is 0 Å². The van der Waals surface area contributed by atoms with Crippen molar-refractivity contribution in [3.05, 3.63) is 58.9 Å². The second-order valence-electron chi connectivity index (χ2n) is 5.35. The van der Waals surface area contributed by atoms with Crippen LogP contribution in [0.5, 0.6) is 0 Å². The van der Waals surface area contributed by atoms with Gasteiger partial charge in [-0.05, 0) is 42.0 Å². The van der Waals surface area contributed by atoms with Crippen molar-refractivity contribution in [2.45, 2.75) is 24.3 Å². The highest BCUT2D eigenvalue weighted by Gasteiger charge is 2.24. The molecule has 2 aromatic rings. The van der Waals surface area contributed by atoms with E-state index >= 15 is 0 Å². The third kappa shape index (κ3) is 3.22. The van der Waals surface area contributed by atoms with Crippen LogP contribution >= 0.6 is 11.8 Å². The van der Waals surface area contributed by atoms with Crippen LogP contribution in [0.25, 0.3) is 0 Å². The van der Waals surface area contributed by atoms with Crippen molar-refractivity contribution in [1.82, 2.24) is 9.88 Å². The van der Waals surface area contributed by atoms with Gasteiger partial charge in [-0.25, -0.2) is 8.78 Å². The van der Waals surface area contributed by atoms with E-state index in [1.54, 1.807) is 16.7 Å². The quantitative estimate of drug-likeness (QED) is 0.797. The Morgan fingerprint density at radius 1 is 1.30 bits per heavy atom. The van der Waals surface area contributed by atoms with Crippen molar-refractivity contribution in [2.75, 3.05) is 12.8 Å². The van der Waals surface area contributed by atoms with Crippen molar-refractivity contribution in [1.29, 1.82) is 0 Å². The number of alkyl halides is 2. The highest BCUT2D eigenvalue weighted by Crippen LogP contribution is 2.29. The van der Waals surface area contributed by atoms with Crippen molar-refractivity contribution < 1.29 is 13.6 Å². The molecule has 0 aliphatic carbocycles. The summed E-state index contributed by atoms with van der Waals surface area (Å²) in [6, 6.07) is 8.81. The Labute approximate surface area is 137 Å². The third-order valence-corrected chi connectivity index (χ3v) is 4.82. The second kappa shape index (κ2) is 6.66. The molecule has 1 amide bonds. The van der Waals surface area contributed by atoms with Crippen LogP contribution in [0.4, 0.5) is 8.78 Å². The first-order valence-electron chi connectivity index (χ1n) is 7.28. The van der Waals surface area contributed by atoms with E-state index in [1.807, 2.05) is 18.4 Å². The fourth-order valence-corrected chi connectivity index (χ4v) is 3.39. The highest BCUT2D eigenvalue weighted by molar-refractivity contribution is 7.98. The molecule has 1 aromatic carbocycles. The van der Waals surface area contributed by atoms with Crippen LogP contribution in [-0.2, 0) is 13.0 Å². The van der Waals surface area contributed by atoms with E-state index in [1.165, 1.54) is 28.2 Å². The van der Waals surface area contributed by atoms with Crippen LogP contribution in [0.2, 0.25) is 0 Å². The van der Waals surface area contributed by atoms with Crippen molar-refractivity contribution in [3.63, 3.8) is 0 Å². The Morgan fingerprint density at radius 2 is 2.13 bits per heavy atom. The molecule has 1 aliphatic rings. The van der Waals surface area contributed by atoms with Gasteiger partial charge in [-0.3, -0.25) is 9.78 Å². The number of thioether (sulfide) groups is 1. The Kier molecular flexibility index (Phi) is 4.61. The summed E-state index contributed by atoms with van der Waals surface area (Å²) in [6.45, 7) is 1.14. The summed E-state index contributed by atoms with van der Waals surface area (Å²) in [5, 5.41) is 0. The van der Waals surface area contributed by atoms with Gasteiger partial charge in [-0.1, -0.05) is 12.1 Å². The fourth-order valence-electron chi connectivity index (χ4n) is 2.74. The lowest BCUT2D eigenvalue weighted by atomic mass is 9.99. The predicted octanol–water partition coefficient (Wildman–Crippen LogP) is 3.94. The SMILES string of the molecule is CSc1cccc2c1CN(C(=O)c1ccc(C(F)F)cn1)CC2. The largest absolute Gasteiger partial charge is 0.333 e. The molecule has 0 spiro atoms. The third-order valence-electron chi connectivity index (χ3n) is 3.99. The minimum absolute atomic E-state index is 0.171. The summed E-state index contributed by atoms with van der Waals surface area (Å²) in [5.41, 5.74) is 2.47. The molecular formula is C17H16F2N2OS. The molecule has 6 heteroatoms. The number of amides is 1. The van der Waals surface area contributed by atoms with E-state index in [4.69, 9.17) is 0 Å². The molecule has 0 N–H and O–H groups in total. The number of carbonyl (C=O) groups excluding carboxylic acids is 1. The molecule has 1 aromatic heterocycles. The van der Waals surface area contributed by atoms with Gasteiger partial charge in [0.25, 0.3) is 12.3 Å². The number of carbonyl (C=O) groups is 1. The van der Waals surface area contributed by atoms with E-state index in [0.29, 0.717) is 13.1 Å². The molecule has 3 nitrogen and oxygen atoms in total. The lowest BCUT2D eigenvalue weighted by molar-refractivity contribution is 0.0726. The zero-order valence-electron chi connectivity index (χ0n) is 12.6. The summed E-state index contributed by atoms with van der Waals surface area (Å²) < 4.78 is 25.1. The first-order valence-corrected chi connectivity index (χ1v) is 8.50. The van der Waals surface area contributed by atoms with Crippen LogP contribution < -0.4 is 0 Å². The van der Waals surface area contributed by atoms with Crippen molar-refractivity contribution >= 4 is 17.7 Å². The average Bonchev–Trinajstić information content (AvgIpc) is 2.60. The summed E-state index contributed by atoms with van der Waals surface area (Å²) in [4.78, 5) is 19.4. The van der Waals surface area contributed by atoms with Gasteiger partial charge in [0.05, 0.1) is 0 Å². The number of aromatic nitrogens is 1. The van der Waals surface area contributed by atoms with Crippen LogP contribution in [0.3, 0.4) is 0 Å². The maximum Gasteiger partial charge on any atom is 0.272 e.